The van der Waals surface area contributed by atoms with Crippen molar-refractivity contribution < 1.29 is 34.8 Å². The van der Waals surface area contributed by atoms with Crippen LogP contribution in [0.4, 0.5) is 5.69 Å². The minimum atomic E-state index is -0.825. The van der Waals surface area contributed by atoms with E-state index in [1.54, 1.807) is 0 Å². The minimum absolute atomic E-state index is 0.219. The van der Waals surface area contributed by atoms with Gasteiger partial charge in [0.25, 0.3) is 5.17 Å². The van der Waals surface area contributed by atoms with Gasteiger partial charge in [0.1, 0.15) is 28.7 Å². The number of benzene rings is 5. The Kier molecular flexibility index (Phi) is 7.99. The molecule has 0 bridgehead atoms. The zero-order chi connectivity index (χ0) is 31.9. The van der Waals surface area contributed by atoms with Gasteiger partial charge in [-0.05, 0) is 96.9 Å². The number of aromatic hydroxyl groups is 4. The van der Waals surface area contributed by atoms with Crippen LogP contribution in [0.1, 0.15) is 48.5 Å². The van der Waals surface area contributed by atoms with E-state index in [-0.39, 0.29) is 33.4 Å². The SMILES string of the molecule is Cc1cc(O)c2c(c1O)C(=O)c1c(O)cc(C)c(O)c1C2=O.Cc1cccc(N(C)C(=S)Oc2ccc3ccccc3c2)c1. The molecule has 9 heteroatoms. The Morgan fingerprint density at radius 2 is 1.20 bits per heavy atom. The Bertz CT molecular complexity index is 1930. The highest BCUT2D eigenvalue weighted by atomic mass is 32.1. The molecule has 0 aliphatic heterocycles. The van der Waals surface area contributed by atoms with E-state index in [1.807, 2.05) is 54.4 Å². The lowest BCUT2D eigenvalue weighted by atomic mass is 9.80. The van der Waals surface area contributed by atoms with Crippen LogP contribution in [0.25, 0.3) is 10.8 Å². The predicted molar refractivity (Wildman–Crippen MR) is 173 cm³/mol. The van der Waals surface area contributed by atoms with E-state index in [0.717, 1.165) is 29.0 Å². The predicted octanol–water partition coefficient (Wildman–Crippen LogP) is 6.85. The van der Waals surface area contributed by atoms with Gasteiger partial charge in [-0.3, -0.25) is 9.59 Å². The second kappa shape index (κ2) is 11.7. The molecule has 0 unspecified atom stereocenters. The van der Waals surface area contributed by atoms with Crippen molar-refractivity contribution in [2.75, 3.05) is 11.9 Å². The monoisotopic (exact) mass is 607 g/mol. The second-order valence-electron chi connectivity index (χ2n) is 10.6. The highest BCUT2D eigenvalue weighted by Gasteiger charge is 2.39. The molecule has 0 saturated heterocycles. The topological polar surface area (TPSA) is 128 Å². The molecule has 0 atom stereocenters. The Hall–Kier alpha value is -5.41. The van der Waals surface area contributed by atoms with Crippen molar-refractivity contribution in [3.05, 3.63) is 118 Å². The molecule has 0 radical (unpaired) electrons. The first-order valence-corrected chi connectivity index (χ1v) is 14.0. The third-order valence-electron chi connectivity index (χ3n) is 7.44. The van der Waals surface area contributed by atoms with Crippen LogP contribution in [0.2, 0.25) is 0 Å². The van der Waals surface area contributed by atoms with Crippen molar-refractivity contribution in [3.8, 4) is 28.7 Å². The number of phenols is 4. The molecule has 6 rings (SSSR count). The van der Waals surface area contributed by atoms with Gasteiger partial charge in [0.2, 0.25) is 11.6 Å². The van der Waals surface area contributed by atoms with Crippen molar-refractivity contribution in [1.82, 2.24) is 0 Å². The lowest BCUT2D eigenvalue weighted by Crippen LogP contribution is -2.29. The van der Waals surface area contributed by atoms with Gasteiger partial charge < -0.3 is 30.1 Å². The molecule has 44 heavy (non-hydrogen) atoms. The average molecular weight is 608 g/mol. The summed E-state index contributed by atoms with van der Waals surface area (Å²) in [6.45, 7) is 4.99. The van der Waals surface area contributed by atoms with Crippen molar-refractivity contribution in [1.29, 1.82) is 0 Å². The van der Waals surface area contributed by atoms with Crippen LogP contribution in [0.5, 0.6) is 28.7 Å². The minimum Gasteiger partial charge on any atom is -0.507 e. The van der Waals surface area contributed by atoms with Gasteiger partial charge in [-0.1, -0.05) is 42.5 Å². The number of carbonyl (C=O) groups excluding carboxylic acids is 2. The van der Waals surface area contributed by atoms with Crippen LogP contribution in [0.3, 0.4) is 0 Å². The van der Waals surface area contributed by atoms with E-state index in [0.29, 0.717) is 5.17 Å². The van der Waals surface area contributed by atoms with Crippen LogP contribution >= 0.6 is 12.2 Å². The molecule has 0 fully saturated rings. The number of carbonyl (C=O) groups is 2. The number of fused-ring (bicyclic) bond motifs is 3. The number of thiocarbonyl (C=S) groups is 1. The van der Waals surface area contributed by atoms with Crippen molar-refractivity contribution >= 4 is 45.4 Å². The molecule has 1 aliphatic carbocycles. The third kappa shape index (κ3) is 5.41. The molecular formula is C35H29NO7S. The summed E-state index contributed by atoms with van der Waals surface area (Å²) in [5.74, 6) is -2.69. The normalized spacial score (nSPS) is 11.7. The van der Waals surface area contributed by atoms with Crippen LogP contribution in [-0.2, 0) is 0 Å². The van der Waals surface area contributed by atoms with E-state index < -0.39 is 34.6 Å². The second-order valence-corrected chi connectivity index (χ2v) is 10.9. The highest BCUT2D eigenvalue weighted by molar-refractivity contribution is 7.80. The number of aryl methyl sites for hydroxylation is 3. The quantitative estimate of drug-likeness (QED) is 0.123. The fourth-order valence-corrected chi connectivity index (χ4v) is 5.27. The molecule has 0 heterocycles. The summed E-state index contributed by atoms with van der Waals surface area (Å²) >= 11 is 5.41. The van der Waals surface area contributed by atoms with Gasteiger partial charge >= 0.3 is 0 Å². The van der Waals surface area contributed by atoms with Gasteiger partial charge in [0.05, 0.1) is 22.3 Å². The van der Waals surface area contributed by atoms with E-state index >= 15 is 0 Å². The summed E-state index contributed by atoms with van der Waals surface area (Å²) in [6.07, 6.45) is 0. The number of anilines is 1. The summed E-state index contributed by atoms with van der Waals surface area (Å²) in [4.78, 5) is 27.0. The molecule has 8 nitrogen and oxygen atoms in total. The van der Waals surface area contributed by atoms with Crippen LogP contribution in [0, 0.1) is 20.8 Å². The first-order valence-electron chi connectivity index (χ1n) is 13.6. The number of hydrogen-bond acceptors (Lipinski definition) is 8. The number of hydrogen-bond donors (Lipinski definition) is 4. The maximum Gasteiger partial charge on any atom is 0.269 e. The molecule has 5 aromatic rings. The molecule has 0 saturated carbocycles. The number of ether oxygens (including phenoxy) is 1. The Morgan fingerprint density at radius 3 is 1.75 bits per heavy atom. The number of nitrogens with zero attached hydrogens (tertiary/aromatic N) is 1. The molecule has 222 valence electrons. The molecule has 0 aromatic heterocycles. The fourth-order valence-electron chi connectivity index (χ4n) is 5.07. The first-order chi connectivity index (χ1) is 20.9. The van der Waals surface area contributed by atoms with Gasteiger partial charge in [-0.25, -0.2) is 0 Å². The maximum atomic E-state index is 12.6. The summed E-state index contributed by atoms with van der Waals surface area (Å²) < 4.78 is 5.84. The van der Waals surface area contributed by atoms with E-state index in [2.05, 4.69) is 31.2 Å². The smallest absolute Gasteiger partial charge is 0.269 e. The molecule has 0 spiro atoms. The molecular weight excluding hydrogens is 578 g/mol. The Labute approximate surface area is 259 Å². The Morgan fingerprint density at radius 1 is 0.659 bits per heavy atom. The van der Waals surface area contributed by atoms with Gasteiger partial charge in [-0.15, -0.1) is 0 Å². The van der Waals surface area contributed by atoms with Gasteiger partial charge in [0.15, 0.2) is 0 Å². The zero-order valence-corrected chi connectivity index (χ0v) is 25.2. The molecule has 0 amide bonds. The number of rotatable bonds is 2. The van der Waals surface area contributed by atoms with Crippen molar-refractivity contribution in [2.24, 2.45) is 0 Å². The standard InChI is InChI=1S/C19H17NOS.C16H12O6/c1-14-6-5-9-17(12-14)20(2)19(22)21-18-11-10-15-7-3-4-8-16(15)13-18;1-5-3-7(17)9-11(13(5)19)15(21)10-8(18)4-6(2)14(20)12(10)16(9)22/h3-13H,1-2H3;3-4,17-20H,1-2H3. The van der Waals surface area contributed by atoms with Gasteiger partial charge in [0, 0.05) is 12.7 Å². The lowest BCUT2D eigenvalue weighted by molar-refractivity contribution is 0.0969. The lowest BCUT2D eigenvalue weighted by Gasteiger charge is -2.22. The zero-order valence-electron chi connectivity index (χ0n) is 24.4. The molecule has 4 N–H and O–H groups in total. The third-order valence-corrected chi connectivity index (χ3v) is 7.79. The van der Waals surface area contributed by atoms with Crippen LogP contribution < -0.4 is 9.64 Å². The van der Waals surface area contributed by atoms with Crippen molar-refractivity contribution in [2.45, 2.75) is 20.8 Å². The Balaban J connectivity index is 0.000000175. The fraction of sp³-hybridized carbons (Fsp3) is 0.114. The summed E-state index contributed by atoms with van der Waals surface area (Å²) in [6, 6.07) is 24.7. The molecule has 5 aromatic carbocycles. The molecule has 1 aliphatic rings. The van der Waals surface area contributed by atoms with E-state index in [1.165, 1.54) is 24.8 Å². The van der Waals surface area contributed by atoms with E-state index in [9.17, 15) is 30.0 Å². The largest absolute Gasteiger partial charge is 0.507 e. The summed E-state index contributed by atoms with van der Waals surface area (Å²) in [5.41, 5.74) is 1.17. The van der Waals surface area contributed by atoms with Crippen LogP contribution in [0.15, 0.2) is 78.9 Å². The summed E-state index contributed by atoms with van der Waals surface area (Å²) in [5, 5.41) is 42.8. The van der Waals surface area contributed by atoms with E-state index in [4.69, 9.17) is 17.0 Å². The van der Waals surface area contributed by atoms with Crippen molar-refractivity contribution in [3.63, 3.8) is 0 Å². The number of ketones is 2. The van der Waals surface area contributed by atoms with Crippen LogP contribution in [-0.4, -0.2) is 44.2 Å². The number of phenolic OH excluding ortho intramolecular Hbond substituents is 4. The average Bonchev–Trinajstić information content (AvgIpc) is 2.99. The first kappa shape index (κ1) is 30.1. The highest BCUT2D eigenvalue weighted by Crippen LogP contribution is 2.45. The summed E-state index contributed by atoms with van der Waals surface area (Å²) in [7, 11) is 1.91. The van der Waals surface area contributed by atoms with Gasteiger partial charge in [-0.2, -0.15) is 0 Å². The maximum absolute atomic E-state index is 12.6.